The first-order chi connectivity index (χ1) is 11.6. The maximum Gasteiger partial charge on any atom is 0.0953 e. The van der Waals surface area contributed by atoms with Crippen LogP contribution in [0.5, 0.6) is 0 Å². The monoisotopic (exact) mass is 350 g/mol. The highest BCUT2D eigenvalue weighted by molar-refractivity contribution is 7.80. The number of hydrogen-bond donors (Lipinski definition) is 1. The van der Waals surface area contributed by atoms with Crippen LogP contribution in [0.2, 0.25) is 0 Å². The SMILES string of the molecule is N#CC1=C([S-])N=C(c2cccnc2)C(C(N)=S)[C@H]1c1ccncc1. The molecule has 1 aliphatic heterocycles. The minimum absolute atomic E-state index is 0.255. The zero-order valence-corrected chi connectivity index (χ0v) is 14.1. The van der Waals surface area contributed by atoms with E-state index in [0.717, 1.165) is 11.1 Å². The number of hydrogen-bond acceptors (Lipinski definition) is 6. The Kier molecular flexibility index (Phi) is 4.60. The van der Waals surface area contributed by atoms with Crippen molar-refractivity contribution < 1.29 is 0 Å². The van der Waals surface area contributed by atoms with Gasteiger partial charge in [-0.3, -0.25) is 15.0 Å². The average molecular weight is 350 g/mol. The number of thiocarbonyl (C=S) groups is 1. The molecule has 2 N–H and O–H groups in total. The van der Waals surface area contributed by atoms with Gasteiger partial charge in [-0.25, -0.2) is 0 Å². The van der Waals surface area contributed by atoms with Gasteiger partial charge in [-0.1, -0.05) is 23.3 Å². The van der Waals surface area contributed by atoms with Gasteiger partial charge in [0.2, 0.25) is 0 Å². The quantitative estimate of drug-likeness (QED) is 0.675. The van der Waals surface area contributed by atoms with Crippen molar-refractivity contribution in [2.45, 2.75) is 5.92 Å². The van der Waals surface area contributed by atoms with Crippen molar-refractivity contribution in [3.05, 3.63) is 70.8 Å². The molecule has 7 heteroatoms. The van der Waals surface area contributed by atoms with Crippen molar-refractivity contribution in [1.82, 2.24) is 9.97 Å². The predicted molar refractivity (Wildman–Crippen MR) is 98.0 cm³/mol. The first-order valence-electron chi connectivity index (χ1n) is 7.13. The molecule has 1 unspecified atom stereocenters. The third kappa shape index (κ3) is 2.89. The van der Waals surface area contributed by atoms with E-state index in [1.165, 1.54) is 0 Å². The second kappa shape index (κ2) is 6.83. The van der Waals surface area contributed by atoms with Crippen LogP contribution >= 0.6 is 12.2 Å². The van der Waals surface area contributed by atoms with Crippen LogP contribution in [0.25, 0.3) is 0 Å². The van der Waals surface area contributed by atoms with Gasteiger partial charge in [-0.15, -0.1) is 0 Å². The minimum Gasteiger partial charge on any atom is -0.759 e. The molecule has 0 amide bonds. The van der Waals surface area contributed by atoms with Crippen LogP contribution in [0.4, 0.5) is 0 Å². The van der Waals surface area contributed by atoms with E-state index in [-0.39, 0.29) is 15.9 Å². The molecule has 0 saturated carbocycles. The zero-order chi connectivity index (χ0) is 17.1. The summed E-state index contributed by atoms with van der Waals surface area (Å²) >= 11 is 10.7. The van der Waals surface area contributed by atoms with Gasteiger partial charge >= 0.3 is 0 Å². The molecule has 5 nitrogen and oxygen atoms in total. The number of allylic oxidation sites excluding steroid dienone is 1. The largest absolute Gasteiger partial charge is 0.759 e. The first kappa shape index (κ1) is 16.2. The van der Waals surface area contributed by atoms with E-state index in [1.807, 2.05) is 24.3 Å². The fourth-order valence-corrected chi connectivity index (χ4v) is 3.32. The number of aromatic nitrogens is 2. The Labute approximate surface area is 150 Å². The van der Waals surface area contributed by atoms with Gasteiger partial charge in [0.15, 0.2) is 0 Å². The van der Waals surface area contributed by atoms with E-state index in [4.69, 9.17) is 30.6 Å². The summed E-state index contributed by atoms with van der Waals surface area (Å²) < 4.78 is 0. The maximum absolute atomic E-state index is 9.59. The number of nitrogens with zero attached hydrogens (tertiary/aromatic N) is 4. The molecular weight excluding hydrogens is 338 g/mol. The summed E-state index contributed by atoms with van der Waals surface area (Å²) in [7, 11) is 0. The van der Waals surface area contributed by atoms with Crippen molar-refractivity contribution >= 4 is 35.5 Å². The van der Waals surface area contributed by atoms with Gasteiger partial charge in [0.05, 0.1) is 22.7 Å². The number of aliphatic imine (C=N–C) groups is 1. The fraction of sp³-hybridized carbons (Fsp3) is 0.118. The molecule has 0 bridgehead atoms. The molecule has 1 aliphatic rings. The second-order valence-electron chi connectivity index (χ2n) is 5.21. The van der Waals surface area contributed by atoms with Crippen molar-refractivity contribution in [2.75, 3.05) is 0 Å². The standard InChI is InChI=1S/C17H13N5S2/c18-8-12-13(10-3-6-20-7-4-10)14(16(19)23)15(22-17(12)24)11-2-1-5-21-9-11/h1-7,9,13-14,24H,(H2,19,23)/p-1/t13-,14?/m0/s1. The number of nitriles is 1. The van der Waals surface area contributed by atoms with Gasteiger partial charge in [0, 0.05) is 41.8 Å². The zero-order valence-electron chi connectivity index (χ0n) is 12.5. The normalized spacial score (nSPS) is 20.2. The second-order valence-corrected chi connectivity index (χ2v) is 6.07. The lowest BCUT2D eigenvalue weighted by Gasteiger charge is -2.34. The first-order valence-corrected chi connectivity index (χ1v) is 7.94. The van der Waals surface area contributed by atoms with Crippen LogP contribution < -0.4 is 5.73 Å². The molecule has 3 rings (SSSR count). The van der Waals surface area contributed by atoms with Crippen LogP contribution in [-0.2, 0) is 12.6 Å². The molecule has 2 atom stereocenters. The fourth-order valence-electron chi connectivity index (χ4n) is 2.80. The molecule has 24 heavy (non-hydrogen) atoms. The molecule has 0 aromatic carbocycles. The lowest BCUT2D eigenvalue weighted by molar-refractivity contribution is 0.737. The molecule has 0 radical (unpaired) electrons. The van der Waals surface area contributed by atoms with Crippen molar-refractivity contribution in [3.8, 4) is 6.07 Å². The highest BCUT2D eigenvalue weighted by Crippen LogP contribution is 2.39. The van der Waals surface area contributed by atoms with Crippen molar-refractivity contribution in [2.24, 2.45) is 16.6 Å². The summed E-state index contributed by atoms with van der Waals surface area (Å²) in [4.78, 5) is 12.9. The highest BCUT2D eigenvalue weighted by Gasteiger charge is 2.36. The van der Waals surface area contributed by atoms with E-state index in [2.05, 4.69) is 21.0 Å². The average Bonchev–Trinajstić information content (AvgIpc) is 2.62. The third-order valence-corrected chi connectivity index (χ3v) is 4.41. The maximum atomic E-state index is 9.59. The summed E-state index contributed by atoms with van der Waals surface area (Å²) in [5, 5.41) is 9.85. The summed E-state index contributed by atoms with van der Waals surface area (Å²) in [6, 6.07) is 9.53. The van der Waals surface area contributed by atoms with Crippen LogP contribution in [0, 0.1) is 17.2 Å². The lowest BCUT2D eigenvalue weighted by atomic mass is 9.76. The van der Waals surface area contributed by atoms with Gasteiger partial charge in [0.25, 0.3) is 0 Å². The summed E-state index contributed by atoms with van der Waals surface area (Å²) in [6.07, 6.45) is 6.70. The van der Waals surface area contributed by atoms with Gasteiger partial charge in [-0.05, 0) is 23.8 Å². The lowest BCUT2D eigenvalue weighted by Crippen LogP contribution is -2.37. The van der Waals surface area contributed by atoms with Gasteiger partial charge < -0.3 is 18.4 Å². The van der Waals surface area contributed by atoms with Crippen molar-refractivity contribution in [3.63, 3.8) is 0 Å². The highest BCUT2D eigenvalue weighted by atomic mass is 32.1. The van der Waals surface area contributed by atoms with Crippen LogP contribution in [0.15, 0.2) is 64.6 Å². The molecule has 0 fully saturated rings. The van der Waals surface area contributed by atoms with Crippen LogP contribution in [0.1, 0.15) is 17.0 Å². The predicted octanol–water partition coefficient (Wildman–Crippen LogP) is 2.25. The Bertz CT molecular complexity index is 869. The molecule has 118 valence electrons. The summed E-state index contributed by atoms with van der Waals surface area (Å²) in [5.74, 6) is -0.816. The number of nitrogens with two attached hydrogens (primary N) is 1. The smallest absolute Gasteiger partial charge is 0.0953 e. The van der Waals surface area contributed by atoms with Crippen LogP contribution in [-0.4, -0.2) is 20.7 Å². The Morgan fingerprint density at radius 2 is 1.96 bits per heavy atom. The Hall–Kier alpha value is -2.69. The molecule has 0 spiro atoms. The van der Waals surface area contributed by atoms with Gasteiger partial charge in [-0.2, -0.15) is 5.26 Å². The molecule has 3 heterocycles. The van der Waals surface area contributed by atoms with Gasteiger partial charge in [0.1, 0.15) is 0 Å². The summed E-state index contributed by atoms with van der Waals surface area (Å²) in [6.45, 7) is 0. The summed E-state index contributed by atoms with van der Waals surface area (Å²) in [5.41, 5.74) is 8.72. The number of pyridine rings is 2. The number of rotatable bonds is 3. The topological polar surface area (TPSA) is 88.0 Å². The molecule has 0 saturated heterocycles. The Morgan fingerprint density at radius 1 is 1.21 bits per heavy atom. The van der Waals surface area contributed by atoms with E-state index >= 15 is 0 Å². The molecule has 2 aromatic heterocycles. The van der Waals surface area contributed by atoms with Crippen molar-refractivity contribution in [1.29, 1.82) is 5.26 Å². The van der Waals surface area contributed by atoms with E-state index in [9.17, 15) is 5.26 Å². The Balaban J connectivity index is 2.23. The van der Waals surface area contributed by atoms with E-state index < -0.39 is 5.92 Å². The Morgan fingerprint density at radius 3 is 2.54 bits per heavy atom. The minimum atomic E-state index is -0.437. The molecular formula is C17H12N5S2-. The van der Waals surface area contributed by atoms with Crippen LogP contribution in [0.3, 0.4) is 0 Å². The molecule has 2 aromatic rings. The van der Waals surface area contributed by atoms with E-state index in [0.29, 0.717) is 11.3 Å². The van der Waals surface area contributed by atoms with E-state index in [1.54, 1.807) is 24.8 Å². The third-order valence-electron chi connectivity index (χ3n) is 3.84. The molecule has 0 aliphatic carbocycles.